The number of likely N-dealkylation sites (tertiary alicyclic amines) is 1. The normalized spacial score (nSPS) is 19.2. The fraction of sp³-hybridized carbons (Fsp3) is 0.444. The van der Waals surface area contributed by atoms with Crippen molar-refractivity contribution < 1.29 is 32.3 Å². The molecule has 0 amide bonds. The second kappa shape index (κ2) is 9.22. The summed E-state index contributed by atoms with van der Waals surface area (Å²) in [6, 6.07) is 9.19. The number of halogens is 3. The third-order valence-electron chi connectivity index (χ3n) is 6.59. The third kappa shape index (κ3) is 5.32. The Morgan fingerprint density at radius 3 is 2.40 bits per heavy atom. The molecule has 3 aromatic rings. The molecule has 2 heterocycles. The highest BCUT2D eigenvalue weighted by atomic mass is 19.4. The lowest BCUT2D eigenvalue weighted by atomic mass is 9.87. The summed E-state index contributed by atoms with van der Waals surface area (Å²) in [5, 5.41) is 10.4. The van der Waals surface area contributed by atoms with Crippen LogP contribution in [0.2, 0.25) is 0 Å². The summed E-state index contributed by atoms with van der Waals surface area (Å²) in [7, 11) is 0. The van der Waals surface area contributed by atoms with Crippen molar-refractivity contribution in [1.82, 2.24) is 0 Å². The average molecular weight is 491 g/mol. The maximum atomic E-state index is 14.0. The number of ether oxygens (including phenoxy) is 1. The van der Waals surface area contributed by atoms with E-state index in [9.17, 15) is 23.1 Å². The van der Waals surface area contributed by atoms with Gasteiger partial charge in [0.05, 0.1) is 24.0 Å². The Bertz CT molecular complexity index is 1270. The standard InChI is InChI=1S/C27H30F3NO4/c1-16-6-5-13-31(14-16)15-20-21(32)12-11-19-22(33)24(25(27(28,29)30)35-23(19)20)34-18-9-7-17(8-10-18)26(2,3)4/h7-12,16,32H,5-6,13-15H2,1-4H3/p+1/t16-/m0/s1. The summed E-state index contributed by atoms with van der Waals surface area (Å²) in [4.78, 5) is 14.4. The summed E-state index contributed by atoms with van der Waals surface area (Å²) in [6.07, 6.45) is -2.88. The number of rotatable bonds is 4. The maximum Gasteiger partial charge on any atom is 0.453 e. The summed E-state index contributed by atoms with van der Waals surface area (Å²) >= 11 is 0. The van der Waals surface area contributed by atoms with Gasteiger partial charge in [0.15, 0.2) is 5.58 Å². The predicted octanol–water partition coefficient (Wildman–Crippen LogP) is 5.42. The van der Waals surface area contributed by atoms with E-state index >= 15 is 0 Å². The van der Waals surface area contributed by atoms with Crippen LogP contribution in [0.15, 0.2) is 45.6 Å². The molecule has 8 heteroatoms. The Kier molecular flexibility index (Phi) is 6.62. The van der Waals surface area contributed by atoms with Crippen LogP contribution in [0.3, 0.4) is 0 Å². The minimum absolute atomic E-state index is 0.0587. The average Bonchev–Trinajstić information content (AvgIpc) is 2.76. The lowest BCUT2D eigenvalue weighted by molar-refractivity contribution is -0.922. The van der Waals surface area contributed by atoms with Gasteiger partial charge in [-0.25, -0.2) is 0 Å². The van der Waals surface area contributed by atoms with Gasteiger partial charge in [-0.3, -0.25) is 4.79 Å². The second-order valence-electron chi connectivity index (χ2n) is 10.5. The van der Waals surface area contributed by atoms with E-state index in [0.29, 0.717) is 5.92 Å². The second-order valence-corrected chi connectivity index (χ2v) is 10.5. The Morgan fingerprint density at radius 1 is 1.11 bits per heavy atom. The molecule has 1 fully saturated rings. The molecule has 1 unspecified atom stereocenters. The number of benzene rings is 2. The van der Waals surface area contributed by atoms with Gasteiger partial charge < -0.3 is 19.2 Å². The van der Waals surface area contributed by atoms with Gasteiger partial charge in [-0.2, -0.15) is 13.2 Å². The highest BCUT2D eigenvalue weighted by Gasteiger charge is 2.41. The summed E-state index contributed by atoms with van der Waals surface area (Å²) in [5.74, 6) is -2.04. The Hall–Kier alpha value is -3.00. The molecule has 35 heavy (non-hydrogen) atoms. The SMILES string of the molecule is C[C@H]1CCC[NH+](Cc2c(O)ccc3c(=O)c(Oc4ccc(C(C)(C)C)cc4)c(C(F)(F)F)oc23)C1. The number of hydrogen-bond donors (Lipinski definition) is 2. The van der Waals surface area contributed by atoms with Crippen molar-refractivity contribution in [1.29, 1.82) is 0 Å². The minimum atomic E-state index is -4.97. The van der Waals surface area contributed by atoms with Crippen LogP contribution in [0.4, 0.5) is 13.2 Å². The molecule has 1 aromatic heterocycles. The first-order valence-electron chi connectivity index (χ1n) is 11.9. The zero-order chi connectivity index (χ0) is 25.5. The molecule has 5 nitrogen and oxygen atoms in total. The van der Waals surface area contributed by atoms with Gasteiger partial charge in [-0.1, -0.05) is 39.8 Å². The number of alkyl halides is 3. The van der Waals surface area contributed by atoms with E-state index in [-0.39, 0.29) is 40.0 Å². The number of nitrogens with one attached hydrogen (secondary N) is 1. The predicted molar refractivity (Wildman–Crippen MR) is 127 cm³/mol. The van der Waals surface area contributed by atoms with Gasteiger partial charge in [0.25, 0.3) is 5.76 Å². The highest BCUT2D eigenvalue weighted by molar-refractivity contribution is 5.83. The van der Waals surface area contributed by atoms with E-state index in [1.54, 1.807) is 12.1 Å². The monoisotopic (exact) mass is 490 g/mol. The number of quaternary nitrogens is 1. The number of phenolic OH excluding ortho intramolecular Hbond substituents is 1. The van der Waals surface area contributed by atoms with Gasteiger partial charge in [0, 0.05) is 5.92 Å². The van der Waals surface area contributed by atoms with E-state index in [4.69, 9.17) is 9.15 Å². The Labute approximate surface area is 202 Å². The number of aromatic hydroxyl groups is 1. The van der Waals surface area contributed by atoms with Crippen LogP contribution in [0.5, 0.6) is 17.2 Å². The fourth-order valence-corrected chi connectivity index (χ4v) is 4.69. The number of hydrogen-bond acceptors (Lipinski definition) is 4. The van der Waals surface area contributed by atoms with Crippen molar-refractivity contribution >= 4 is 11.0 Å². The molecule has 0 saturated carbocycles. The van der Waals surface area contributed by atoms with Crippen molar-refractivity contribution in [3.63, 3.8) is 0 Å². The molecule has 188 valence electrons. The minimum Gasteiger partial charge on any atom is -0.507 e. The Balaban J connectivity index is 1.81. The molecule has 4 rings (SSSR count). The lowest BCUT2D eigenvalue weighted by Gasteiger charge is -2.28. The molecule has 0 aliphatic carbocycles. The van der Waals surface area contributed by atoms with Crippen LogP contribution >= 0.6 is 0 Å². The first-order valence-corrected chi connectivity index (χ1v) is 11.9. The number of phenols is 1. The van der Waals surface area contributed by atoms with Crippen LogP contribution in [0.25, 0.3) is 11.0 Å². The van der Waals surface area contributed by atoms with E-state index in [2.05, 4.69) is 6.92 Å². The topological polar surface area (TPSA) is 64.1 Å². The van der Waals surface area contributed by atoms with Gasteiger partial charge in [0.1, 0.15) is 18.0 Å². The van der Waals surface area contributed by atoms with Crippen molar-refractivity contribution in [2.45, 2.75) is 58.7 Å². The zero-order valence-corrected chi connectivity index (χ0v) is 20.4. The summed E-state index contributed by atoms with van der Waals surface area (Å²) in [6.45, 7) is 10.1. The van der Waals surface area contributed by atoms with Crippen molar-refractivity contribution in [2.24, 2.45) is 5.92 Å². The molecule has 1 aliphatic rings. The number of fused-ring (bicyclic) bond motifs is 1. The molecule has 1 aliphatic heterocycles. The zero-order valence-electron chi connectivity index (χ0n) is 20.4. The molecule has 0 radical (unpaired) electrons. The van der Waals surface area contributed by atoms with Gasteiger partial charge in [0.2, 0.25) is 11.2 Å². The van der Waals surface area contributed by atoms with Gasteiger partial charge in [-0.05, 0) is 48.1 Å². The molecule has 0 spiro atoms. The fourth-order valence-electron chi connectivity index (χ4n) is 4.69. The molecule has 2 atom stereocenters. The lowest BCUT2D eigenvalue weighted by Crippen LogP contribution is -3.12. The van der Waals surface area contributed by atoms with E-state index in [1.165, 1.54) is 24.3 Å². The Morgan fingerprint density at radius 2 is 1.80 bits per heavy atom. The van der Waals surface area contributed by atoms with Crippen molar-refractivity contribution in [2.75, 3.05) is 13.1 Å². The molecule has 2 N–H and O–H groups in total. The van der Waals surface area contributed by atoms with E-state index < -0.39 is 23.1 Å². The first-order chi connectivity index (χ1) is 16.3. The van der Waals surface area contributed by atoms with E-state index in [0.717, 1.165) is 36.4 Å². The van der Waals surface area contributed by atoms with Crippen LogP contribution in [0, 0.1) is 5.92 Å². The molecular weight excluding hydrogens is 459 g/mol. The van der Waals surface area contributed by atoms with Crippen LogP contribution in [-0.4, -0.2) is 18.2 Å². The van der Waals surface area contributed by atoms with Gasteiger partial charge >= 0.3 is 6.18 Å². The maximum absolute atomic E-state index is 14.0. The van der Waals surface area contributed by atoms with Gasteiger partial charge in [-0.15, -0.1) is 0 Å². The quantitative estimate of drug-likeness (QED) is 0.513. The molecule has 2 aromatic carbocycles. The van der Waals surface area contributed by atoms with Crippen LogP contribution in [-0.2, 0) is 18.1 Å². The molecule has 0 bridgehead atoms. The largest absolute Gasteiger partial charge is 0.507 e. The number of piperidine rings is 1. The van der Waals surface area contributed by atoms with E-state index in [1.807, 2.05) is 20.8 Å². The van der Waals surface area contributed by atoms with Crippen molar-refractivity contribution in [3.8, 4) is 17.2 Å². The van der Waals surface area contributed by atoms with Crippen molar-refractivity contribution in [3.05, 3.63) is 63.5 Å². The molecular formula is C27H31F3NO4+. The first kappa shape index (κ1) is 25.1. The summed E-state index contributed by atoms with van der Waals surface area (Å²) < 4.78 is 53.0. The summed E-state index contributed by atoms with van der Waals surface area (Å²) in [5.41, 5.74) is -0.147. The third-order valence-corrected chi connectivity index (χ3v) is 6.59. The highest BCUT2D eigenvalue weighted by Crippen LogP contribution is 2.40. The van der Waals surface area contributed by atoms with Crippen LogP contribution in [0.1, 0.15) is 57.4 Å². The van der Waals surface area contributed by atoms with Crippen LogP contribution < -0.4 is 15.1 Å². The molecule has 1 saturated heterocycles. The smallest absolute Gasteiger partial charge is 0.453 e.